The Morgan fingerprint density at radius 2 is 2.00 bits per heavy atom. The molecule has 0 fully saturated rings. The van der Waals surface area contributed by atoms with Crippen LogP contribution in [0.2, 0.25) is 10.0 Å². The number of carbonyl (C=O) groups is 1. The average Bonchev–Trinajstić information content (AvgIpc) is 2.13. The standard InChI is InChI=1S/C8H6Cl2N4O/c9-5-1-6(10)3-7(2-5)13-8(15)4-12-14-11/h1-3H,4H2,(H,13,15). The van der Waals surface area contributed by atoms with E-state index in [1.807, 2.05) is 0 Å². The molecule has 15 heavy (non-hydrogen) atoms. The topological polar surface area (TPSA) is 77.9 Å². The Balaban J connectivity index is 2.71. The lowest BCUT2D eigenvalue weighted by Crippen LogP contribution is -2.14. The van der Waals surface area contributed by atoms with Gasteiger partial charge in [0.15, 0.2) is 0 Å². The zero-order valence-electron chi connectivity index (χ0n) is 7.44. The van der Waals surface area contributed by atoms with E-state index < -0.39 is 5.91 Å². The predicted molar refractivity (Wildman–Crippen MR) is 59.1 cm³/mol. The zero-order chi connectivity index (χ0) is 11.3. The molecule has 0 saturated carbocycles. The molecule has 0 aliphatic carbocycles. The monoisotopic (exact) mass is 244 g/mol. The van der Waals surface area contributed by atoms with Crippen LogP contribution >= 0.6 is 23.2 Å². The number of hydrogen-bond acceptors (Lipinski definition) is 2. The van der Waals surface area contributed by atoms with Crippen molar-refractivity contribution in [2.24, 2.45) is 5.11 Å². The van der Waals surface area contributed by atoms with Crippen LogP contribution in [0, 0.1) is 0 Å². The Hall–Kier alpha value is -1.42. The fourth-order valence-corrected chi connectivity index (χ4v) is 1.45. The molecule has 0 aliphatic rings. The minimum atomic E-state index is -0.425. The summed E-state index contributed by atoms with van der Waals surface area (Å²) in [6.07, 6.45) is 0. The largest absolute Gasteiger partial charge is 0.326 e. The molecule has 1 aromatic carbocycles. The number of carbonyl (C=O) groups excluding carboxylic acids is 1. The summed E-state index contributed by atoms with van der Waals surface area (Å²) >= 11 is 11.4. The third-order valence-corrected chi connectivity index (χ3v) is 1.86. The molecule has 0 unspecified atom stereocenters. The first kappa shape index (κ1) is 11.7. The Morgan fingerprint density at radius 3 is 2.53 bits per heavy atom. The zero-order valence-corrected chi connectivity index (χ0v) is 8.96. The van der Waals surface area contributed by atoms with Gasteiger partial charge in [0.1, 0.15) is 6.54 Å². The van der Waals surface area contributed by atoms with Crippen molar-refractivity contribution >= 4 is 34.8 Å². The van der Waals surface area contributed by atoms with Crippen molar-refractivity contribution in [2.75, 3.05) is 11.9 Å². The van der Waals surface area contributed by atoms with E-state index in [1.54, 1.807) is 18.2 Å². The van der Waals surface area contributed by atoms with Crippen molar-refractivity contribution in [3.05, 3.63) is 38.7 Å². The van der Waals surface area contributed by atoms with Crippen LogP contribution in [0.5, 0.6) is 0 Å². The SMILES string of the molecule is [N-]=[N+]=NCC(=O)Nc1cc(Cl)cc(Cl)c1. The molecule has 7 heteroatoms. The Kier molecular flexibility index (Phi) is 4.24. The normalized spacial score (nSPS) is 9.20. The maximum atomic E-state index is 11.1. The molecule has 0 aliphatic heterocycles. The first-order valence-corrected chi connectivity index (χ1v) is 4.64. The summed E-state index contributed by atoms with van der Waals surface area (Å²) in [5.74, 6) is -0.425. The highest BCUT2D eigenvalue weighted by Gasteiger charge is 2.02. The first-order chi connectivity index (χ1) is 7.11. The van der Waals surface area contributed by atoms with E-state index in [1.165, 1.54) is 0 Å². The van der Waals surface area contributed by atoms with Crippen molar-refractivity contribution in [1.82, 2.24) is 0 Å². The van der Waals surface area contributed by atoms with Gasteiger partial charge in [-0.15, -0.1) is 0 Å². The van der Waals surface area contributed by atoms with Gasteiger partial charge in [-0.3, -0.25) is 4.79 Å². The molecule has 0 atom stereocenters. The van der Waals surface area contributed by atoms with Gasteiger partial charge in [-0.25, -0.2) is 0 Å². The fraction of sp³-hybridized carbons (Fsp3) is 0.125. The molecule has 0 heterocycles. The smallest absolute Gasteiger partial charge is 0.230 e. The molecule has 78 valence electrons. The van der Waals surface area contributed by atoms with E-state index in [0.29, 0.717) is 15.7 Å². The number of nitrogens with one attached hydrogen (secondary N) is 1. The van der Waals surface area contributed by atoms with Gasteiger partial charge in [-0.05, 0) is 23.7 Å². The highest BCUT2D eigenvalue weighted by Crippen LogP contribution is 2.22. The highest BCUT2D eigenvalue weighted by molar-refractivity contribution is 6.35. The number of azide groups is 1. The lowest BCUT2D eigenvalue weighted by molar-refractivity contribution is -0.114. The van der Waals surface area contributed by atoms with Crippen LogP contribution in [0.1, 0.15) is 0 Å². The second-order valence-corrected chi connectivity index (χ2v) is 3.47. The van der Waals surface area contributed by atoms with Crippen LogP contribution in [-0.2, 0) is 4.79 Å². The van der Waals surface area contributed by atoms with Crippen molar-refractivity contribution in [3.63, 3.8) is 0 Å². The highest BCUT2D eigenvalue weighted by atomic mass is 35.5. The molecule has 1 aromatic rings. The minimum absolute atomic E-state index is 0.263. The summed E-state index contributed by atoms with van der Waals surface area (Å²) in [7, 11) is 0. The number of amides is 1. The fourth-order valence-electron chi connectivity index (χ4n) is 0.922. The summed E-state index contributed by atoms with van der Waals surface area (Å²) in [5.41, 5.74) is 8.47. The van der Waals surface area contributed by atoms with Crippen molar-refractivity contribution in [2.45, 2.75) is 0 Å². The maximum absolute atomic E-state index is 11.1. The lowest BCUT2D eigenvalue weighted by Gasteiger charge is -2.04. The van der Waals surface area contributed by atoms with Crippen LogP contribution in [-0.4, -0.2) is 12.5 Å². The van der Waals surface area contributed by atoms with Gasteiger partial charge in [-0.2, -0.15) is 0 Å². The summed E-state index contributed by atoms with van der Waals surface area (Å²) in [6, 6.07) is 4.63. The molecule has 0 bridgehead atoms. The number of hydrogen-bond donors (Lipinski definition) is 1. The van der Waals surface area contributed by atoms with E-state index in [4.69, 9.17) is 28.7 Å². The van der Waals surface area contributed by atoms with E-state index >= 15 is 0 Å². The third kappa shape index (κ3) is 4.08. The van der Waals surface area contributed by atoms with Gasteiger partial charge in [0.2, 0.25) is 5.91 Å². The number of halogens is 2. The summed E-state index contributed by atoms with van der Waals surface area (Å²) in [4.78, 5) is 13.6. The molecule has 1 amide bonds. The number of benzene rings is 1. The minimum Gasteiger partial charge on any atom is -0.326 e. The van der Waals surface area contributed by atoms with Crippen molar-refractivity contribution < 1.29 is 4.79 Å². The maximum Gasteiger partial charge on any atom is 0.230 e. The molecule has 1 rings (SSSR count). The second-order valence-electron chi connectivity index (χ2n) is 2.60. The molecule has 1 N–H and O–H groups in total. The van der Waals surface area contributed by atoms with Gasteiger partial charge in [0, 0.05) is 20.6 Å². The molecular formula is C8H6Cl2N4O. The Morgan fingerprint density at radius 1 is 1.40 bits per heavy atom. The van der Waals surface area contributed by atoms with Crippen LogP contribution in [0.3, 0.4) is 0 Å². The Bertz CT molecular complexity index is 408. The van der Waals surface area contributed by atoms with E-state index in [-0.39, 0.29) is 6.54 Å². The quantitative estimate of drug-likeness (QED) is 0.495. The average molecular weight is 245 g/mol. The number of anilines is 1. The molecular weight excluding hydrogens is 239 g/mol. The van der Waals surface area contributed by atoms with Gasteiger partial charge >= 0.3 is 0 Å². The first-order valence-electron chi connectivity index (χ1n) is 3.88. The predicted octanol–water partition coefficient (Wildman–Crippen LogP) is 3.24. The van der Waals surface area contributed by atoms with Gasteiger partial charge < -0.3 is 5.32 Å². The molecule has 0 aromatic heterocycles. The number of nitrogens with zero attached hydrogens (tertiary/aromatic N) is 3. The van der Waals surface area contributed by atoms with Gasteiger partial charge in [0.05, 0.1) is 0 Å². The van der Waals surface area contributed by atoms with E-state index in [9.17, 15) is 4.79 Å². The van der Waals surface area contributed by atoms with Gasteiger partial charge in [0.25, 0.3) is 0 Å². The van der Waals surface area contributed by atoms with Crippen LogP contribution in [0.15, 0.2) is 23.3 Å². The number of rotatable bonds is 3. The third-order valence-electron chi connectivity index (χ3n) is 1.42. The van der Waals surface area contributed by atoms with Crippen molar-refractivity contribution in [1.29, 1.82) is 0 Å². The summed E-state index contributed by atoms with van der Waals surface area (Å²) in [5, 5.41) is 6.44. The summed E-state index contributed by atoms with van der Waals surface area (Å²) in [6.45, 7) is -0.263. The second kappa shape index (κ2) is 5.46. The van der Waals surface area contributed by atoms with Crippen LogP contribution in [0.4, 0.5) is 5.69 Å². The van der Waals surface area contributed by atoms with Gasteiger partial charge in [-0.1, -0.05) is 28.3 Å². The molecule has 0 saturated heterocycles. The van der Waals surface area contributed by atoms with Crippen LogP contribution < -0.4 is 5.32 Å². The molecule has 0 radical (unpaired) electrons. The Labute approximate surface area is 95.6 Å². The van der Waals surface area contributed by atoms with E-state index in [2.05, 4.69) is 15.3 Å². The van der Waals surface area contributed by atoms with E-state index in [0.717, 1.165) is 0 Å². The lowest BCUT2D eigenvalue weighted by atomic mass is 10.3. The molecule has 0 spiro atoms. The summed E-state index contributed by atoms with van der Waals surface area (Å²) < 4.78 is 0. The van der Waals surface area contributed by atoms with Crippen LogP contribution in [0.25, 0.3) is 10.4 Å². The molecule has 5 nitrogen and oxygen atoms in total. The van der Waals surface area contributed by atoms with Crippen molar-refractivity contribution in [3.8, 4) is 0 Å².